The van der Waals surface area contributed by atoms with E-state index in [1.807, 2.05) is 18.2 Å². The molecule has 1 aliphatic heterocycles. The molecule has 2 aromatic rings. The van der Waals surface area contributed by atoms with Crippen molar-refractivity contribution in [1.82, 2.24) is 0 Å². The summed E-state index contributed by atoms with van der Waals surface area (Å²) in [5, 5.41) is 0.603. The van der Waals surface area contributed by atoms with E-state index in [1.165, 1.54) is 11.1 Å². The Bertz CT molecular complexity index is 663. The van der Waals surface area contributed by atoms with Gasteiger partial charge in [-0.2, -0.15) is 0 Å². The Kier molecular flexibility index (Phi) is 4.15. The zero-order chi connectivity index (χ0) is 14.1. The van der Waals surface area contributed by atoms with Crippen LogP contribution in [0.5, 0.6) is 5.75 Å². The van der Waals surface area contributed by atoms with Gasteiger partial charge in [0.05, 0.1) is 17.3 Å². The standard InChI is InChI=1S/C15H13BrClNOS/c16-11-5-9-3-4-19-15(9)10(6-11)8-20-12-1-2-14(18)13(17)7-12/h1-2,5-7H,3-4,8,18H2. The lowest BCUT2D eigenvalue weighted by atomic mass is 10.1. The third-order valence-corrected chi connectivity index (χ3v) is 5.02. The van der Waals surface area contributed by atoms with Crippen molar-refractivity contribution in [2.45, 2.75) is 17.1 Å². The first kappa shape index (κ1) is 14.1. The van der Waals surface area contributed by atoms with Crippen molar-refractivity contribution in [3.05, 3.63) is 51.0 Å². The van der Waals surface area contributed by atoms with E-state index in [0.717, 1.165) is 33.9 Å². The highest BCUT2D eigenvalue weighted by Crippen LogP contribution is 2.37. The summed E-state index contributed by atoms with van der Waals surface area (Å²) in [7, 11) is 0. The summed E-state index contributed by atoms with van der Waals surface area (Å²) in [6, 6.07) is 9.99. The SMILES string of the molecule is Nc1ccc(SCc2cc(Br)cc3c2OCC3)cc1Cl. The van der Waals surface area contributed by atoms with E-state index in [0.29, 0.717) is 10.7 Å². The number of halogens is 2. The maximum Gasteiger partial charge on any atom is 0.126 e. The quantitative estimate of drug-likeness (QED) is 0.616. The summed E-state index contributed by atoms with van der Waals surface area (Å²) in [6.45, 7) is 0.775. The van der Waals surface area contributed by atoms with E-state index in [4.69, 9.17) is 22.1 Å². The molecule has 0 spiro atoms. The molecule has 1 heterocycles. The average Bonchev–Trinajstić information content (AvgIpc) is 2.88. The van der Waals surface area contributed by atoms with Crippen molar-refractivity contribution in [3.63, 3.8) is 0 Å². The Hall–Kier alpha value is -0.840. The second-order valence-corrected chi connectivity index (χ2v) is 7.00. The molecule has 3 rings (SSSR count). The minimum atomic E-state index is 0.603. The van der Waals surface area contributed by atoms with Crippen molar-refractivity contribution in [1.29, 1.82) is 0 Å². The van der Waals surface area contributed by atoms with E-state index in [1.54, 1.807) is 11.8 Å². The molecule has 0 saturated heterocycles. The van der Waals surface area contributed by atoms with E-state index in [-0.39, 0.29) is 0 Å². The van der Waals surface area contributed by atoms with Crippen LogP contribution in [0.25, 0.3) is 0 Å². The van der Waals surface area contributed by atoms with E-state index in [2.05, 4.69) is 28.1 Å². The summed E-state index contributed by atoms with van der Waals surface area (Å²) in [5.41, 5.74) is 8.83. The van der Waals surface area contributed by atoms with Crippen LogP contribution in [0.3, 0.4) is 0 Å². The summed E-state index contributed by atoms with van der Waals surface area (Å²) >= 11 is 11.3. The third kappa shape index (κ3) is 2.92. The Labute approximate surface area is 135 Å². The molecule has 2 aromatic carbocycles. The van der Waals surface area contributed by atoms with Gasteiger partial charge in [-0.25, -0.2) is 0 Å². The van der Waals surface area contributed by atoms with Gasteiger partial charge in [0.2, 0.25) is 0 Å². The van der Waals surface area contributed by atoms with Crippen LogP contribution in [0.1, 0.15) is 11.1 Å². The Balaban J connectivity index is 1.80. The molecular formula is C15H13BrClNOS. The number of nitrogens with two attached hydrogens (primary N) is 1. The first-order valence-electron chi connectivity index (χ1n) is 6.25. The second kappa shape index (κ2) is 5.88. The van der Waals surface area contributed by atoms with Crippen LogP contribution in [0.2, 0.25) is 5.02 Å². The smallest absolute Gasteiger partial charge is 0.126 e. The maximum atomic E-state index is 6.04. The molecule has 20 heavy (non-hydrogen) atoms. The highest BCUT2D eigenvalue weighted by Gasteiger charge is 2.17. The predicted molar refractivity (Wildman–Crippen MR) is 88.8 cm³/mol. The van der Waals surface area contributed by atoms with Crippen LogP contribution >= 0.6 is 39.3 Å². The minimum absolute atomic E-state index is 0.603. The summed E-state index contributed by atoms with van der Waals surface area (Å²) in [6.07, 6.45) is 0.986. The number of anilines is 1. The fourth-order valence-corrected chi connectivity index (χ4v) is 3.91. The number of hydrogen-bond acceptors (Lipinski definition) is 3. The predicted octanol–water partition coefficient (Wildman–Crippen LogP) is 4.91. The van der Waals surface area contributed by atoms with Crippen LogP contribution in [0.4, 0.5) is 5.69 Å². The molecule has 5 heteroatoms. The van der Waals surface area contributed by atoms with Crippen LogP contribution in [-0.4, -0.2) is 6.61 Å². The second-order valence-electron chi connectivity index (χ2n) is 4.62. The van der Waals surface area contributed by atoms with Gasteiger partial charge in [-0.3, -0.25) is 0 Å². The molecule has 0 unspecified atom stereocenters. The first-order valence-corrected chi connectivity index (χ1v) is 8.41. The fourth-order valence-electron chi connectivity index (χ4n) is 2.21. The third-order valence-electron chi connectivity index (χ3n) is 3.19. The number of benzene rings is 2. The first-order chi connectivity index (χ1) is 9.63. The molecule has 0 radical (unpaired) electrons. The Morgan fingerprint density at radius 1 is 1.30 bits per heavy atom. The van der Waals surface area contributed by atoms with Crippen LogP contribution < -0.4 is 10.5 Å². The Morgan fingerprint density at radius 3 is 2.95 bits per heavy atom. The van der Waals surface area contributed by atoms with Crippen molar-refractivity contribution in [3.8, 4) is 5.75 Å². The summed E-state index contributed by atoms with van der Waals surface area (Å²) < 4.78 is 6.84. The minimum Gasteiger partial charge on any atom is -0.493 e. The van der Waals surface area contributed by atoms with Gasteiger partial charge in [0.25, 0.3) is 0 Å². The zero-order valence-corrected chi connectivity index (χ0v) is 13.8. The number of nitrogen functional groups attached to an aromatic ring is 1. The molecule has 2 N–H and O–H groups in total. The maximum absolute atomic E-state index is 6.04. The molecule has 0 amide bonds. The molecule has 2 nitrogen and oxygen atoms in total. The number of rotatable bonds is 3. The van der Waals surface area contributed by atoms with E-state index >= 15 is 0 Å². The number of ether oxygens (including phenoxy) is 1. The van der Waals surface area contributed by atoms with Gasteiger partial charge in [-0.1, -0.05) is 27.5 Å². The largest absolute Gasteiger partial charge is 0.493 e. The Morgan fingerprint density at radius 2 is 2.15 bits per heavy atom. The monoisotopic (exact) mass is 369 g/mol. The van der Waals surface area contributed by atoms with Crippen molar-refractivity contribution in [2.24, 2.45) is 0 Å². The summed E-state index contributed by atoms with van der Waals surface area (Å²) in [4.78, 5) is 1.11. The molecule has 0 bridgehead atoms. The number of thioether (sulfide) groups is 1. The van der Waals surface area contributed by atoms with Crippen LogP contribution in [0, 0.1) is 0 Å². The zero-order valence-electron chi connectivity index (χ0n) is 10.7. The van der Waals surface area contributed by atoms with E-state index in [9.17, 15) is 0 Å². The van der Waals surface area contributed by atoms with Gasteiger partial charge >= 0.3 is 0 Å². The fraction of sp³-hybridized carbons (Fsp3) is 0.200. The van der Waals surface area contributed by atoms with Gasteiger partial charge in [-0.15, -0.1) is 11.8 Å². The van der Waals surface area contributed by atoms with Crippen molar-refractivity contribution in [2.75, 3.05) is 12.3 Å². The molecule has 0 saturated carbocycles. The van der Waals surface area contributed by atoms with Gasteiger partial charge in [0, 0.05) is 27.1 Å². The molecule has 0 aliphatic carbocycles. The normalized spacial score (nSPS) is 13.1. The van der Waals surface area contributed by atoms with Gasteiger partial charge in [0.1, 0.15) is 5.75 Å². The van der Waals surface area contributed by atoms with Crippen LogP contribution in [0.15, 0.2) is 39.7 Å². The molecule has 0 fully saturated rings. The lowest BCUT2D eigenvalue weighted by Gasteiger charge is -2.09. The summed E-state index contributed by atoms with van der Waals surface area (Å²) in [5.74, 6) is 1.89. The van der Waals surface area contributed by atoms with E-state index < -0.39 is 0 Å². The molecule has 1 aliphatic rings. The highest BCUT2D eigenvalue weighted by molar-refractivity contribution is 9.10. The molecule has 104 valence electrons. The number of hydrogen-bond donors (Lipinski definition) is 1. The lowest BCUT2D eigenvalue weighted by Crippen LogP contribution is -1.91. The molecule has 0 atom stereocenters. The average molecular weight is 371 g/mol. The number of fused-ring (bicyclic) bond motifs is 1. The van der Waals surface area contributed by atoms with Crippen molar-refractivity contribution < 1.29 is 4.74 Å². The van der Waals surface area contributed by atoms with Crippen LogP contribution in [-0.2, 0) is 12.2 Å². The molecular weight excluding hydrogens is 358 g/mol. The van der Waals surface area contributed by atoms with Gasteiger partial charge in [0.15, 0.2) is 0 Å². The topological polar surface area (TPSA) is 35.2 Å². The lowest BCUT2D eigenvalue weighted by molar-refractivity contribution is 0.354. The highest BCUT2D eigenvalue weighted by atomic mass is 79.9. The molecule has 0 aromatic heterocycles. The van der Waals surface area contributed by atoms with Gasteiger partial charge < -0.3 is 10.5 Å². The van der Waals surface area contributed by atoms with Crippen molar-refractivity contribution >= 4 is 45.0 Å². The van der Waals surface area contributed by atoms with Gasteiger partial charge in [-0.05, 0) is 35.9 Å².